The van der Waals surface area contributed by atoms with Crippen LogP contribution in [0.15, 0.2) is 58.3 Å². The number of hydrogen-bond donors (Lipinski definition) is 2. The van der Waals surface area contributed by atoms with Crippen LogP contribution in [0.2, 0.25) is 5.02 Å². The normalized spacial score (nSPS) is 11.2. The summed E-state index contributed by atoms with van der Waals surface area (Å²) in [6.45, 7) is 5.93. The van der Waals surface area contributed by atoms with E-state index in [1.165, 1.54) is 23.9 Å². The van der Waals surface area contributed by atoms with E-state index in [9.17, 15) is 14.4 Å². The van der Waals surface area contributed by atoms with Crippen LogP contribution in [-0.2, 0) is 5.41 Å². The number of nitrogens with zero attached hydrogens (tertiary/aromatic N) is 1. The lowest BCUT2D eigenvalue weighted by atomic mass is 9.84. The van der Waals surface area contributed by atoms with E-state index in [0.29, 0.717) is 22.1 Å². The third-order valence-corrected chi connectivity index (χ3v) is 4.79. The van der Waals surface area contributed by atoms with E-state index in [0.717, 1.165) is 5.56 Å². The van der Waals surface area contributed by atoms with Crippen LogP contribution in [0.25, 0.3) is 5.69 Å². The number of amides is 1. The van der Waals surface area contributed by atoms with Crippen molar-refractivity contribution in [1.29, 1.82) is 0 Å². The number of H-pyrrole nitrogens is 1. The maximum Gasteiger partial charge on any atom is 0.332 e. The average Bonchev–Trinajstić information content (AvgIpc) is 2.68. The van der Waals surface area contributed by atoms with E-state index < -0.39 is 17.2 Å². The molecule has 0 aliphatic heterocycles. The van der Waals surface area contributed by atoms with Crippen molar-refractivity contribution >= 4 is 23.2 Å². The average molecular weight is 428 g/mol. The molecule has 0 saturated carbocycles. The topological polar surface area (TPSA) is 93.2 Å². The number of carbonyl (C=O) groups excluding carboxylic acids is 1. The largest absolute Gasteiger partial charge is 0.496 e. The zero-order valence-corrected chi connectivity index (χ0v) is 17.8. The second kappa shape index (κ2) is 8.20. The van der Waals surface area contributed by atoms with Gasteiger partial charge in [0.15, 0.2) is 0 Å². The summed E-state index contributed by atoms with van der Waals surface area (Å²) >= 11 is 5.91. The minimum absolute atomic E-state index is 0.257. The number of benzene rings is 2. The lowest BCUT2D eigenvalue weighted by Gasteiger charge is -2.25. The fourth-order valence-electron chi connectivity index (χ4n) is 3.05. The van der Waals surface area contributed by atoms with E-state index in [1.54, 1.807) is 36.4 Å². The van der Waals surface area contributed by atoms with Crippen LogP contribution >= 0.6 is 11.6 Å². The fraction of sp³-hybridized carbons (Fsp3) is 0.227. The van der Waals surface area contributed by atoms with E-state index in [1.807, 2.05) is 20.8 Å². The highest BCUT2D eigenvalue weighted by molar-refractivity contribution is 6.30. The van der Waals surface area contributed by atoms with Gasteiger partial charge in [-0.3, -0.25) is 19.1 Å². The van der Waals surface area contributed by atoms with Crippen LogP contribution in [0.3, 0.4) is 0 Å². The Morgan fingerprint density at radius 3 is 2.33 bits per heavy atom. The number of halogens is 1. The first-order chi connectivity index (χ1) is 14.1. The molecule has 0 spiro atoms. The lowest BCUT2D eigenvalue weighted by molar-refractivity contribution is 0.102. The quantitative estimate of drug-likeness (QED) is 0.663. The molecule has 1 amide bonds. The van der Waals surface area contributed by atoms with Gasteiger partial charge in [0, 0.05) is 28.5 Å². The molecule has 0 fully saturated rings. The molecule has 1 heterocycles. The smallest absolute Gasteiger partial charge is 0.332 e. The number of aromatic nitrogens is 2. The maximum absolute atomic E-state index is 13.1. The fourth-order valence-corrected chi connectivity index (χ4v) is 3.18. The number of methoxy groups -OCH3 is 1. The predicted molar refractivity (Wildman–Crippen MR) is 117 cm³/mol. The van der Waals surface area contributed by atoms with E-state index >= 15 is 0 Å². The molecule has 0 aliphatic carbocycles. The number of anilines is 1. The summed E-state index contributed by atoms with van der Waals surface area (Å²) in [4.78, 5) is 39.1. The number of ether oxygens (including phenoxy) is 1. The van der Waals surface area contributed by atoms with Gasteiger partial charge in [-0.1, -0.05) is 32.4 Å². The standard InChI is InChI=1S/C22H22ClN3O4/c1-22(2,3)17-12-15(26-10-9-18(27)25-21(26)29)11-16(19(17)30-4)20(28)24-14-7-5-13(23)6-8-14/h5-12H,1-4H3,(H,24,28)(H,25,27,29). The zero-order valence-electron chi connectivity index (χ0n) is 17.1. The van der Waals surface area contributed by atoms with Crippen molar-refractivity contribution in [3.63, 3.8) is 0 Å². The number of carbonyl (C=O) groups is 1. The molecule has 0 unspecified atom stereocenters. The predicted octanol–water partition coefficient (Wildman–Crippen LogP) is 3.74. The molecule has 2 N–H and O–H groups in total. The van der Waals surface area contributed by atoms with Crippen LogP contribution in [-0.4, -0.2) is 22.6 Å². The minimum atomic E-state index is -0.600. The van der Waals surface area contributed by atoms with Gasteiger partial charge in [0.1, 0.15) is 5.75 Å². The summed E-state index contributed by atoms with van der Waals surface area (Å²) in [5.41, 5.74) is 0.508. The van der Waals surface area contributed by atoms with E-state index in [-0.39, 0.29) is 11.0 Å². The minimum Gasteiger partial charge on any atom is -0.496 e. The van der Waals surface area contributed by atoms with Gasteiger partial charge in [0.2, 0.25) is 0 Å². The lowest BCUT2D eigenvalue weighted by Crippen LogP contribution is -2.28. The molecular weight excluding hydrogens is 406 g/mol. The number of nitrogens with one attached hydrogen (secondary N) is 2. The molecule has 30 heavy (non-hydrogen) atoms. The van der Waals surface area contributed by atoms with Gasteiger partial charge >= 0.3 is 5.69 Å². The summed E-state index contributed by atoms with van der Waals surface area (Å²) < 4.78 is 6.87. The van der Waals surface area contributed by atoms with Crippen molar-refractivity contribution in [2.45, 2.75) is 26.2 Å². The van der Waals surface area contributed by atoms with Crippen molar-refractivity contribution in [3.8, 4) is 11.4 Å². The van der Waals surface area contributed by atoms with Crippen LogP contribution < -0.4 is 21.3 Å². The summed E-state index contributed by atoms with van der Waals surface area (Å²) in [6.07, 6.45) is 1.37. The Bertz CT molecular complexity index is 1200. The van der Waals surface area contributed by atoms with Crippen LogP contribution in [0.4, 0.5) is 5.69 Å². The molecule has 3 aromatic rings. The Hall–Kier alpha value is -3.32. The Balaban J connectivity index is 2.19. The molecule has 0 atom stereocenters. The highest BCUT2D eigenvalue weighted by Crippen LogP contribution is 2.36. The van der Waals surface area contributed by atoms with Gasteiger partial charge in [-0.2, -0.15) is 0 Å². The monoisotopic (exact) mass is 427 g/mol. The molecule has 3 rings (SSSR count). The number of rotatable bonds is 4. The zero-order chi connectivity index (χ0) is 22.1. The summed E-state index contributed by atoms with van der Waals surface area (Å²) in [5.74, 6) is 0.00850. The van der Waals surface area contributed by atoms with Gasteiger partial charge in [0.05, 0.1) is 18.4 Å². The molecule has 156 valence electrons. The van der Waals surface area contributed by atoms with E-state index in [2.05, 4.69) is 10.3 Å². The van der Waals surface area contributed by atoms with Gasteiger partial charge in [-0.15, -0.1) is 0 Å². The highest BCUT2D eigenvalue weighted by atomic mass is 35.5. The van der Waals surface area contributed by atoms with Gasteiger partial charge in [-0.05, 0) is 41.8 Å². The molecule has 1 aromatic heterocycles. The van der Waals surface area contributed by atoms with E-state index in [4.69, 9.17) is 16.3 Å². The molecule has 0 bridgehead atoms. The van der Waals surface area contributed by atoms with Crippen molar-refractivity contribution in [2.24, 2.45) is 0 Å². The van der Waals surface area contributed by atoms with Gasteiger partial charge in [-0.25, -0.2) is 4.79 Å². The molecule has 7 nitrogen and oxygen atoms in total. The first-order valence-electron chi connectivity index (χ1n) is 9.22. The Labute approximate surface area is 178 Å². The molecule has 0 aliphatic rings. The summed E-state index contributed by atoms with van der Waals surface area (Å²) in [5, 5.41) is 3.37. The Morgan fingerprint density at radius 1 is 1.10 bits per heavy atom. The van der Waals surface area contributed by atoms with Crippen LogP contribution in [0, 0.1) is 0 Å². The molecular formula is C22H22ClN3O4. The third kappa shape index (κ3) is 4.46. The molecule has 0 radical (unpaired) electrons. The van der Waals surface area contributed by atoms with Gasteiger partial charge in [0.25, 0.3) is 11.5 Å². The maximum atomic E-state index is 13.1. The second-order valence-electron chi connectivity index (χ2n) is 7.77. The Morgan fingerprint density at radius 2 is 1.77 bits per heavy atom. The molecule has 0 saturated heterocycles. The summed E-state index contributed by atoms with van der Waals surface area (Å²) in [7, 11) is 1.50. The highest BCUT2D eigenvalue weighted by Gasteiger charge is 2.26. The van der Waals surface area contributed by atoms with Crippen LogP contribution in [0.1, 0.15) is 36.7 Å². The van der Waals surface area contributed by atoms with Crippen LogP contribution in [0.5, 0.6) is 5.75 Å². The third-order valence-electron chi connectivity index (χ3n) is 4.53. The second-order valence-corrected chi connectivity index (χ2v) is 8.20. The number of hydrogen-bond acceptors (Lipinski definition) is 4. The Kier molecular flexibility index (Phi) is 5.85. The van der Waals surface area contributed by atoms with Crippen molar-refractivity contribution in [2.75, 3.05) is 12.4 Å². The first-order valence-corrected chi connectivity index (χ1v) is 9.60. The van der Waals surface area contributed by atoms with Crippen molar-refractivity contribution < 1.29 is 9.53 Å². The number of aromatic amines is 1. The van der Waals surface area contributed by atoms with Crippen molar-refractivity contribution in [1.82, 2.24) is 9.55 Å². The molecule has 2 aromatic carbocycles. The summed E-state index contributed by atoms with van der Waals surface area (Å²) in [6, 6.07) is 11.3. The first kappa shape index (κ1) is 21.4. The van der Waals surface area contributed by atoms with Crippen molar-refractivity contribution in [3.05, 3.63) is 85.6 Å². The molecule has 8 heteroatoms. The van der Waals surface area contributed by atoms with Gasteiger partial charge < -0.3 is 10.1 Å². The SMILES string of the molecule is COc1c(C(=O)Nc2ccc(Cl)cc2)cc(-n2ccc(=O)[nH]c2=O)cc1C(C)(C)C.